The molecule has 0 bridgehead atoms. The maximum absolute atomic E-state index is 5.57. The summed E-state index contributed by atoms with van der Waals surface area (Å²) in [6.07, 6.45) is 1.75. The number of aromatic nitrogens is 2. The van der Waals surface area contributed by atoms with E-state index in [2.05, 4.69) is 15.3 Å². The lowest BCUT2D eigenvalue weighted by Gasteiger charge is -2.22. The Labute approximate surface area is 92.8 Å². The molecule has 82 valence electrons. The smallest absolute Gasteiger partial charge is 0.127 e. The number of anilines is 1. The number of nitrogens with one attached hydrogen (secondary N) is 1. The van der Waals surface area contributed by atoms with Crippen LogP contribution in [0, 0.1) is 0 Å². The van der Waals surface area contributed by atoms with Crippen molar-refractivity contribution in [2.75, 3.05) is 31.2 Å². The van der Waals surface area contributed by atoms with Crippen LogP contribution in [0.4, 0.5) is 5.82 Å². The van der Waals surface area contributed by atoms with Gasteiger partial charge >= 0.3 is 0 Å². The lowest BCUT2D eigenvalue weighted by molar-refractivity contribution is 0.0440. The Bertz CT molecular complexity index is 317. The molecule has 0 amide bonds. The van der Waals surface area contributed by atoms with Crippen molar-refractivity contribution in [1.82, 2.24) is 15.3 Å². The lowest BCUT2D eigenvalue weighted by atomic mass is 10.3. The van der Waals surface area contributed by atoms with Crippen LogP contribution in [0.2, 0.25) is 0 Å². The zero-order valence-corrected chi connectivity index (χ0v) is 9.17. The number of morpholine rings is 1. The van der Waals surface area contributed by atoms with E-state index in [9.17, 15) is 0 Å². The first-order valence-electron chi connectivity index (χ1n) is 4.87. The molecule has 0 radical (unpaired) electrons. The van der Waals surface area contributed by atoms with E-state index in [1.165, 1.54) is 6.33 Å². The van der Waals surface area contributed by atoms with Gasteiger partial charge in [0.05, 0.1) is 12.7 Å². The molecule has 1 aromatic rings. The standard InChI is InChI=1S/C9H14N4OS/c10-8-3-9(13-6-12-8)15-5-7-4-11-1-2-14-7/h3,6-7,11H,1-2,4-5H2,(H2,10,12,13). The third-order valence-corrected chi connectivity index (χ3v) is 3.14. The Balaban J connectivity index is 1.81. The molecule has 3 N–H and O–H groups in total. The summed E-state index contributed by atoms with van der Waals surface area (Å²) in [5.41, 5.74) is 5.56. The van der Waals surface area contributed by atoms with Crippen LogP contribution in [0.3, 0.4) is 0 Å². The van der Waals surface area contributed by atoms with Crippen LogP contribution >= 0.6 is 11.8 Å². The predicted octanol–water partition coefficient (Wildman–Crippen LogP) is 0.139. The Morgan fingerprint density at radius 2 is 2.53 bits per heavy atom. The Kier molecular flexibility index (Phi) is 3.76. The number of nitrogens with zero attached hydrogens (tertiary/aromatic N) is 2. The normalized spacial score (nSPS) is 21.5. The SMILES string of the molecule is Nc1cc(SCC2CNCCO2)ncn1. The number of ether oxygens (including phenoxy) is 1. The highest BCUT2D eigenvalue weighted by Crippen LogP contribution is 2.18. The molecule has 6 heteroatoms. The molecule has 15 heavy (non-hydrogen) atoms. The van der Waals surface area contributed by atoms with E-state index >= 15 is 0 Å². The highest BCUT2D eigenvalue weighted by Gasteiger charge is 2.13. The van der Waals surface area contributed by atoms with Gasteiger partial charge in [0.2, 0.25) is 0 Å². The first-order valence-corrected chi connectivity index (χ1v) is 5.86. The largest absolute Gasteiger partial charge is 0.384 e. The van der Waals surface area contributed by atoms with Gasteiger partial charge in [0.15, 0.2) is 0 Å². The highest BCUT2D eigenvalue weighted by atomic mass is 32.2. The van der Waals surface area contributed by atoms with E-state index in [0.29, 0.717) is 5.82 Å². The minimum absolute atomic E-state index is 0.264. The number of thioether (sulfide) groups is 1. The van der Waals surface area contributed by atoms with Crippen molar-refractivity contribution in [2.45, 2.75) is 11.1 Å². The van der Waals surface area contributed by atoms with Gasteiger partial charge in [-0.05, 0) is 0 Å². The third-order valence-electron chi connectivity index (χ3n) is 2.08. The quantitative estimate of drug-likeness (QED) is 0.564. The lowest BCUT2D eigenvalue weighted by Crippen LogP contribution is -2.39. The average Bonchev–Trinajstić information content (AvgIpc) is 2.28. The van der Waals surface area contributed by atoms with Gasteiger partial charge in [-0.2, -0.15) is 0 Å². The maximum Gasteiger partial charge on any atom is 0.127 e. The fourth-order valence-corrected chi connectivity index (χ4v) is 2.23. The van der Waals surface area contributed by atoms with Crippen LogP contribution in [-0.4, -0.2) is 41.5 Å². The zero-order valence-electron chi connectivity index (χ0n) is 8.35. The minimum Gasteiger partial charge on any atom is -0.384 e. The molecule has 1 aliphatic rings. The van der Waals surface area contributed by atoms with E-state index in [1.54, 1.807) is 17.8 Å². The van der Waals surface area contributed by atoms with E-state index < -0.39 is 0 Å². The molecule has 0 aliphatic carbocycles. The molecule has 0 aromatic carbocycles. The van der Waals surface area contributed by atoms with Crippen molar-refractivity contribution in [3.05, 3.63) is 12.4 Å². The Hall–Kier alpha value is -0.850. The molecular weight excluding hydrogens is 212 g/mol. The molecule has 0 spiro atoms. The van der Waals surface area contributed by atoms with Gasteiger partial charge in [-0.3, -0.25) is 0 Å². The summed E-state index contributed by atoms with van der Waals surface area (Å²) < 4.78 is 5.57. The molecule has 1 fully saturated rings. The average molecular weight is 226 g/mol. The monoisotopic (exact) mass is 226 g/mol. The van der Waals surface area contributed by atoms with Crippen LogP contribution in [-0.2, 0) is 4.74 Å². The van der Waals surface area contributed by atoms with Crippen molar-refractivity contribution in [3.63, 3.8) is 0 Å². The van der Waals surface area contributed by atoms with Gasteiger partial charge in [-0.1, -0.05) is 0 Å². The van der Waals surface area contributed by atoms with Crippen molar-refractivity contribution in [1.29, 1.82) is 0 Å². The van der Waals surface area contributed by atoms with Gasteiger partial charge in [0.25, 0.3) is 0 Å². The molecule has 1 atom stereocenters. The topological polar surface area (TPSA) is 73.1 Å². The molecule has 1 aromatic heterocycles. The molecule has 2 rings (SSSR count). The number of rotatable bonds is 3. The second-order valence-corrected chi connectivity index (χ2v) is 4.33. The molecule has 1 saturated heterocycles. The van der Waals surface area contributed by atoms with E-state index in [4.69, 9.17) is 10.5 Å². The number of nitrogen functional groups attached to an aromatic ring is 1. The molecular formula is C9H14N4OS. The minimum atomic E-state index is 0.264. The van der Waals surface area contributed by atoms with Crippen LogP contribution < -0.4 is 11.1 Å². The van der Waals surface area contributed by atoms with E-state index in [1.807, 2.05) is 0 Å². The fraction of sp³-hybridized carbons (Fsp3) is 0.556. The Morgan fingerprint density at radius 3 is 3.27 bits per heavy atom. The van der Waals surface area contributed by atoms with Gasteiger partial charge in [-0.25, -0.2) is 9.97 Å². The summed E-state index contributed by atoms with van der Waals surface area (Å²) in [5.74, 6) is 1.40. The zero-order chi connectivity index (χ0) is 10.5. The van der Waals surface area contributed by atoms with E-state index in [-0.39, 0.29) is 6.10 Å². The van der Waals surface area contributed by atoms with Crippen LogP contribution in [0.15, 0.2) is 17.4 Å². The summed E-state index contributed by atoms with van der Waals surface area (Å²) in [7, 11) is 0. The van der Waals surface area contributed by atoms with Crippen LogP contribution in [0.25, 0.3) is 0 Å². The summed E-state index contributed by atoms with van der Waals surface area (Å²) in [4.78, 5) is 7.96. The van der Waals surface area contributed by atoms with Crippen molar-refractivity contribution >= 4 is 17.6 Å². The first-order chi connectivity index (χ1) is 7.34. The third kappa shape index (κ3) is 3.33. The van der Waals surface area contributed by atoms with Crippen LogP contribution in [0.1, 0.15) is 0 Å². The second kappa shape index (κ2) is 5.29. The van der Waals surface area contributed by atoms with E-state index in [0.717, 1.165) is 30.5 Å². The summed E-state index contributed by atoms with van der Waals surface area (Å²) in [5, 5.41) is 4.19. The molecule has 1 unspecified atom stereocenters. The number of hydrogen-bond acceptors (Lipinski definition) is 6. The number of nitrogens with two attached hydrogens (primary N) is 1. The first kappa shape index (κ1) is 10.7. The predicted molar refractivity (Wildman–Crippen MR) is 59.8 cm³/mol. The molecule has 2 heterocycles. The Morgan fingerprint density at radius 1 is 1.60 bits per heavy atom. The van der Waals surface area contributed by atoms with Gasteiger partial charge in [0, 0.05) is 24.9 Å². The van der Waals surface area contributed by atoms with Gasteiger partial charge < -0.3 is 15.8 Å². The summed E-state index contributed by atoms with van der Waals surface area (Å²) in [6, 6.07) is 1.78. The highest BCUT2D eigenvalue weighted by molar-refractivity contribution is 7.99. The summed E-state index contributed by atoms with van der Waals surface area (Å²) >= 11 is 1.64. The summed E-state index contributed by atoms with van der Waals surface area (Å²) in [6.45, 7) is 2.65. The van der Waals surface area contributed by atoms with Crippen molar-refractivity contribution in [3.8, 4) is 0 Å². The van der Waals surface area contributed by atoms with Crippen molar-refractivity contribution < 1.29 is 4.74 Å². The maximum atomic E-state index is 5.57. The molecule has 0 saturated carbocycles. The van der Waals surface area contributed by atoms with Gasteiger partial charge in [-0.15, -0.1) is 11.8 Å². The molecule has 5 nitrogen and oxygen atoms in total. The van der Waals surface area contributed by atoms with Crippen molar-refractivity contribution in [2.24, 2.45) is 0 Å². The fourth-order valence-electron chi connectivity index (χ4n) is 1.34. The van der Waals surface area contributed by atoms with Crippen LogP contribution in [0.5, 0.6) is 0 Å². The second-order valence-electron chi connectivity index (χ2n) is 3.29. The number of hydrogen-bond donors (Lipinski definition) is 2. The van der Waals surface area contributed by atoms with Gasteiger partial charge in [0.1, 0.15) is 17.2 Å². The molecule has 1 aliphatic heterocycles.